The largest absolute Gasteiger partial charge is 0.300 e. The zero-order valence-electron chi connectivity index (χ0n) is 10.5. The number of Topliss-reactive ketones (excluding diaryl/α,β-unsaturated/α-hetero) is 1. The fourth-order valence-corrected chi connectivity index (χ4v) is 2.34. The second-order valence-electron chi connectivity index (χ2n) is 5.19. The van der Waals surface area contributed by atoms with Gasteiger partial charge in [0.25, 0.3) is 0 Å². The van der Waals surface area contributed by atoms with Gasteiger partial charge in [0.05, 0.1) is 0 Å². The number of hydrogen-bond acceptors (Lipinski definition) is 2. The van der Waals surface area contributed by atoms with Crippen LogP contribution in [0.15, 0.2) is 30.3 Å². The van der Waals surface area contributed by atoms with Gasteiger partial charge in [-0.3, -0.25) is 9.69 Å². The zero-order valence-corrected chi connectivity index (χ0v) is 11.3. The van der Waals surface area contributed by atoms with Gasteiger partial charge in [-0.2, -0.15) is 0 Å². The average Bonchev–Trinajstić information content (AvgIpc) is 2.23. The van der Waals surface area contributed by atoms with Crippen LogP contribution in [0.4, 0.5) is 0 Å². The summed E-state index contributed by atoms with van der Waals surface area (Å²) in [7, 11) is 0. The van der Waals surface area contributed by atoms with E-state index in [0.717, 1.165) is 13.1 Å². The summed E-state index contributed by atoms with van der Waals surface area (Å²) < 4.78 is 0. The van der Waals surface area contributed by atoms with E-state index in [1.54, 1.807) is 0 Å². The molecule has 0 radical (unpaired) electrons. The minimum Gasteiger partial charge on any atom is -0.300 e. The Hall–Kier alpha value is -0.860. The molecule has 0 aromatic heterocycles. The van der Waals surface area contributed by atoms with E-state index < -0.39 is 0 Å². The van der Waals surface area contributed by atoms with Crippen LogP contribution in [0.3, 0.4) is 0 Å². The number of rotatable bonds is 2. The lowest BCUT2D eigenvalue weighted by atomic mass is 9.89. The summed E-state index contributed by atoms with van der Waals surface area (Å²) >= 11 is 0. The van der Waals surface area contributed by atoms with Crippen molar-refractivity contribution in [3.8, 4) is 0 Å². The monoisotopic (exact) mass is 253 g/mol. The minimum atomic E-state index is 0. The van der Waals surface area contributed by atoms with Crippen molar-refractivity contribution < 1.29 is 4.79 Å². The van der Waals surface area contributed by atoms with Gasteiger partial charge in [0.2, 0.25) is 0 Å². The smallest absolute Gasteiger partial charge is 0.136 e. The number of benzene rings is 1. The van der Waals surface area contributed by atoms with Gasteiger partial charge in [0, 0.05) is 31.5 Å². The highest BCUT2D eigenvalue weighted by atomic mass is 35.5. The molecule has 1 heterocycles. The molecule has 1 fully saturated rings. The molecule has 0 spiro atoms. The fourth-order valence-electron chi connectivity index (χ4n) is 2.34. The van der Waals surface area contributed by atoms with E-state index in [2.05, 4.69) is 43.0 Å². The van der Waals surface area contributed by atoms with Gasteiger partial charge in [-0.05, 0) is 19.4 Å². The van der Waals surface area contributed by atoms with Crippen LogP contribution in [0.25, 0.3) is 0 Å². The molecule has 3 heteroatoms. The third-order valence-corrected chi connectivity index (χ3v) is 3.36. The van der Waals surface area contributed by atoms with Gasteiger partial charge in [0.15, 0.2) is 0 Å². The molecule has 0 unspecified atom stereocenters. The molecular weight excluding hydrogens is 234 g/mol. The lowest BCUT2D eigenvalue weighted by molar-refractivity contribution is -0.125. The molecule has 94 valence electrons. The summed E-state index contributed by atoms with van der Waals surface area (Å²) in [5.74, 6) is 0.398. The summed E-state index contributed by atoms with van der Waals surface area (Å²) in [6.45, 7) is 6.15. The molecule has 0 bridgehead atoms. The van der Waals surface area contributed by atoms with Crippen LogP contribution in [-0.4, -0.2) is 22.8 Å². The number of nitrogens with zero attached hydrogens (tertiary/aromatic N) is 1. The Balaban J connectivity index is 0.00000144. The maximum Gasteiger partial charge on any atom is 0.136 e. The second kappa shape index (κ2) is 5.65. The van der Waals surface area contributed by atoms with Crippen molar-refractivity contribution >= 4 is 18.2 Å². The second-order valence-corrected chi connectivity index (χ2v) is 5.19. The Morgan fingerprint density at radius 2 is 1.88 bits per heavy atom. The Kier molecular flexibility index (Phi) is 4.72. The summed E-state index contributed by atoms with van der Waals surface area (Å²) in [5, 5.41) is 0. The Morgan fingerprint density at radius 1 is 1.24 bits per heavy atom. The van der Waals surface area contributed by atoms with Crippen molar-refractivity contribution in [1.82, 2.24) is 4.90 Å². The number of hydrogen-bond donors (Lipinski definition) is 0. The van der Waals surface area contributed by atoms with Gasteiger partial charge < -0.3 is 0 Å². The van der Waals surface area contributed by atoms with Crippen molar-refractivity contribution in [1.29, 1.82) is 0 Å². The van der Waals surface area contributed by atoms with Crippen LogP contribution < -0.4 is 0 Å². The van der Waals surface area contributed by atoms with E-state index in [9.17, 15) is 4.79 Å². The van der Waals surface area contributed by atoms with E-state index in [4.69, 9.17) is 0 Å². The van der Waals surface area contributed by atoms with Crippen LogP contribution in [0.5, 0.6) is 0 Å². The van der Waals surface area contributed by atoms with Gasteiger partial charge in [-0.1, -0.05) is 30.3 Å². The number of ketones is 1. The first-order valence-electron chi connectivity index (χ1n) is 5.89. The van der Waals surface area contributed by atoms with E-state index >= 15 is 0 Å². The van der Waals surface area contributed by atoms with Crippen LogP contribution in [-0.2, 0) is 11.3 Å². The third-order valence-electron chi connectivity index (χ3n) is 3.36. The van der Waals surface area contributed by atoms with Crippen LogP contribution in [0.2, 0.25) is 0 Å². The van der Waals surface area contributed by atoms with E-state index in [0.29, 0.717) is 18.6 Å². The molecule has 2 rings (SSSR count). The molecule has 0 atom stereocenters. The SMILES string of the molecule is CC1(C)CC(=O)CCN1Cc1ccccc1.Cl. The summed E-state index contributed by atoms with van der Waals surface area (Å²) in [4.78, 5) is 13.9. The van der Waals surface area contributed by atoms with E-state index in [1.807, 2.05) is 6.07 Å². The number of piperidine rings is 1. The lowest BCUT2D eigenvalue weighted by Gasteiger charge is -2.41. The predicted molar refractivity (Wildman–Crippen MR) is 72.4 cm³/mol. The molecule has 1 aromatic rings. The summed E-state index contributed by atoms with van der Waals surface area (Å²) in [6.07, 6.45) is 1.39. The highest BCUT2D eigenvalue weighted by molar-refractivity contribution is 5.85. The predicted octanol–water partition coefficient (Wildman–Crippen LogP) is 3.05. The van der Waals surface area contributed by atoms with Crippen molar-refractivity contribution in [2.45, 2.75) is 38.8 Å². The Morgan fingerprint density at radius 3 is 2.47 bits per heavy atom. The van der Waals surface area contributed by atoms with Gasteiger partial charge in [-0.15, -0.1) is 12.4 Å². The number of carbonyl (C=O) groups is 1. The number of carbonyl (C=O) groups excluding carboxylic acids is 1. The average molecular weight is 254 g/mol. The maximum absolute atomic E-state index is 11.5. The molecule has 1 aliphatic heterocycles. The molecule has 2 nitrogen and oxygen atoms in total. The molecule has 0 N–H and O–H groups in total. The molecule has 1 aliphatic rings. The Bertz CT molecular complexity index is 375. The highest BCUT2D eigenvalue weighted by Gasteiger charge is 2.33. The third kappa shape index (κ3) is 3.55. The minimum absolute atomic E-state index is 0. The van der Waals surface area contributed by atoms with Crippen molar-refractivity contribution in [2.24, 2.45) is 0 Å². The number of halogens is 1. The van der Waals surface area contributed by atoms with Crippen LogP contribution >= 0.6 is 12.4 Å². The van der Waals surface area contributed by atoms with Crippen LogP contribution in [0.1, 0.15) is 32.3 Å². The van der Waals surface area contributed by atoms with Crippen LogP contribution in [0, 0.1) is 0 Å². The lowest BCUT2D eigenvalue weighted by Crippen LogP contribution is -2.49. The molecule has 1 saturated heterocycles. The van der Waals surface area contributed by atoms with Crippen molar-refractivity contribution in [3.05, 3.63) is 35.9 Å². The first-order chi connectivity index (χ1) is 7.58. The maximum atomic E-state index is 11.5. The normalized spacial score (nSPS) is 19.8. The molecule has 0 aliphatic carbocycles. The van der Waals surface area contributed by atoms with Crippen molar-refractivity contribution in [2.75, 3.05) is 6.54 Å². The Labute approximate surface area is 109 Å². The van der Waals surface area contributed by atoms with E-state index in [1.165, 1.54) is 5.56 Å². The van der Waals surface area contributed by atoms with Crippen molar-refractivity contribution in [3.63, 3.8) is 0 Å². The van der Waals surface area contributed by atoms with E-state index in [-0.39, 0.29) is 17.9 Å². The molecule has 1 aromatic carbocycles. The van der Waals surface area contributed by atoms with Gasteiger partial charge in [-0.25, -0.2) is 0 Å². The molecule has 0 saturated carbocycles. The van der Waals surface area contributed by atoms with Gasteiger partial charge >= 0.3 is 0 Å². The summed E-state index contributed by atoms with van der Waals surface area (Å²) in [6, 6.07) is 10.5. The number of likely N-dealkylation sites (tertiary alicyclic amines) is 1. The first kappa shape index (κ1) is 14.2. The molecule has 0 amide bonds. The molecular formula is C14H20ClNO. The first-order valence-corrected chi connectivity index (χ1v) is 5.89. The molecule has 17 heavy (non-hydrogen) atoms. The summed E-state index contributed by atoms with van der Waals surface area (Å²) in [5.41, 5.74) is 1.33. The standard InChI is InChI=1S/C14H19NO.ClH/c1-14(2)10-13(16)8-9-15(14)11-12-6-4-3-5-7-12;/h3-7H,8-11H2,1-2H3;1H. The quantitative estimate of drug-likeness (QED) is 0.808. The zero-order chi connectivity index (χ0) is 11.6. The highest BCUT2D eigenvalue weighted by Crippen LogP contribution is 2.26. The fraction of sp³-hybridized carbons (Fsp3) is 0.500. The topological polar surface area (TPSA) is 20.3 Å². The van der Waals surface area contributed by atoms with Gasteiger partial charge in [0.1, 0.15) is 5.78 Å².